The van der Waals surface area contributed by atoms with Crippen LogP contribution in [0.15, 0.2) is 23.6 Å². The van der Waals surface area contributed by atoms with Crippen LogP contribution >= 0.6 is 11.3 Å². The van der Waals surface area contributed by atoms with E-state index < -0.39 is 0 Å². The summed E-state index contributed by atoms with van der Waals surface area (Å²) in [6.07, 6.45) is 0.766. The normalized spacial score (nSPS) is 10.1. The Hall–Kier alpha value is -1.88. The molecular weight excluding hydrogens is 250 g/mol. The lowest BCUT2D eigenvalue weighted by Crippen LogP contribution is -1.98. The molecule has 0 unspecified atom stereocenters. The van der Waals surface area contributed by atoms with Gasteiger partial charge in [0.2, 0.25) is 0 Å². The first-order chi connectivity index (χ1) is 8.72. The molecule has 0 amide bonds. The van der Waals surface area contributed by atoms with Crippen molar-refractivity contribution in [3.05, 3.63) is 39.8 Å². The Balaban J connectivity index is 2.14. The summed E-state index contributed by atoms with van der Waals surface area (Å²) in [6, 6.07) is 5.10. The number of aromatic nitrogens is 1. The Morgan fingerprint density at radius 1 is 1.44 bits per heavy atom. The van der Waals surface area contributed by atoms with E-state index in [1.165, 1.54) is 11.3 Å². The van der Waals surface area contributed by atoms with Gasteiger partial charge in [0.25, 0.3) is 0 Å². The van der Waals surface area contributed by atoms with Crippen LogP contribution in [0.1, 0.15) is 21.1 Å². The number of hydrogen-bond acceptors (Lipinski definition) is 5. The smallest absolute Gasteiger partial charge is 0.153 e. The van der Waals surface area contributed by atoms with Crippen molar-refractivity contribution in [3.63, 3.8) is 0 Å². The van der Waals surface area contributed by atoms with E-state index in [1.807, 2.05) is 12.3 Å². The highest BCUT2D eigenvalue weighted by atomic mass is 32.1. The Morgan fingerprint density at radius 3 is 2.89 bits per heavy atom. The molecule has 0 aliphatic carbocycles. The highest BCUT2D eigenvalue weighted by molar-refractivity contribution is 7.09. The van der Waals surface area contributed by atoms with Crippen molar-refractivity contribution in [2.24, 2.45) is 0 Å². The summed E-state index contributed by atoms with van der Waals surface area (Å²) in [5, 5.41) is 2.84. The predicted octanol–water partition coefficient (Wildman–Crippen LogP) is 2.85. The van der Waals surface area contributed by atoms with Gasteiger partial charge in [-0.2, -0.15) is 0 Å². The van der Waals surface area contributed by atoms with Crippen LogP contribution < -0.4 is 9.47 Å². The second kappa shape index (κ2) is 5.64. The van der Waals surface area contributed by atoms with E-state index in [-0.39, 0.29) is 0 Å². The highest BCUT2D eigenvalue weighted by Crippen LogP contribution is 2.24. The summed E-state index contributed by atoms with van der Waals surface area (Å²) in [5.74, 6) is 1.17. The lowest BCUT2D eigenvalue weighted by molar-refractivity contribution is 0.111. The van der Waals surface area contributed by atoms with Crippen molar-refractivity contribution >= 4 is 17.6 Å². The van der Waals surface area contributed by atoms with Crippen LogP contribution in [-0.4, -0.2) is 18.4 Å². The van der Waals surface area contributed by atoms with Crippen LogP contribution in [-0.2, 0) is 6.61 Å². The van der Waals surface area contributed by atoms with Gasteiger partial charge < -0.3 is 9.47 Å². The third-order valence-electron chi connectivity index (χ3n) is 2.37. The van der Waals surface area contributed by atoms with E-state index in [0.717, 1.165) is 17.0 Å². The fourth-order valence-corrected chi connectivity index (χ4v) is 2.16. The van der Waals surface area contributed by atoms with Gasteiger partial charge >= 0.3 is 0 Å². The number of rotatable bonds is 5. The largest absolute Gasteiger partial charge is 0.497 e. The van der Waals surface area contributed by atoms with Gasteiger partial charge in [0.15, 0.2) is 6.29 Å². The number of aldehydes is 1. The summed E-state index contributed by atoms with van der Waals surface area (Å²) < 4.78 is 10.7. The van der Waals surface area contributed by atoms with Gasteiger partial charge in [-0.3, -0.25) is 4.79 Å². The minimum absolute atomic E-state index is 0.354. The van der Waals surface area contributed by atoms with Crippen molar-refractivity contribution in [2.45, 2.75) is 13.5 Å². The van der Waals surface area contributed by atoms with Crippen molar-refractivity contribution < 1.29 is 14.3 Å². The van der Waals surface area contributed by atoms with Crippen molar-refractivity contribution in [3.8, 4) is 11.5 Å². The zero-order valence-corrected chi connectivity index (χ0v) is 11.0. The molecule has 0 atom stereocenters. The third kappa shape index (κ3) is 2.87. The molecule has 0 saturated carbocycles. The van der Waals surface area contributed by atoms with Gasteiger partial charge in [-0.1, -0.05) is 0 Å². The molecule has 0 fully saturated rings. The van der Waals surface area contributed by atoms with Crippen LogP contribution in [0.3, 0.4) is 0 Å². The van der Waals surface area contributed by atoms with Crippen molar-refractivity contribution in [2.75, 3.05) is 7.11 Å². The Bertz CT molecular complexity index is 551. The Morgan fingerprint density at radius 2 is 2.28 bits per heavy atom. The molecular formula is C13H13NO3S. The number of carbonyl (C=O) groups excluding carboxylic acids is 1. The lowest BCUT2D eigenvalue weighted by atomic mass is 10.2. The first-order valence-electron chi connectivity index (χ1n) is 5.40. The van der Waals surface area contributed by atoms with Gasteiger partial charge in [-0.25, -0.2) is 4.98 Å². The second-order valence-corrected chi connectivity index (χ2v) is 4.64. The molecule has 1 aromatic carbocycles. The number of nitrogens with zero attached hydrogens (tertiary/aromatic N) is 1. The lowest BCUT2D eigenvalue weighted by Gasteiger charge is -2.08. The van der Waals surface area contributed by atoms with E-state index in [2.05, 4.69) is 4.98 Å². The van der Waals surface area contributed by atoms with Crippen LogP contribution in [0.2, 0.25) is 0 Å². The van der Waals surface area contributed by atoms with Gasteiger partial charge in [-0.15, -0.1) is 11.3 Å². The predicted molar refractivity (Wildman–Crippen MR) is 69.6 cm³/mol. The third-order valence-corrected chi connectivity index (χ3v) is 3.31. The molecule has 2 aromatic rings. The van der Waals surface area contributed by atoms with Gasteiger partial charge in [0.05, 0.1) is 12.7 Å². The minimum Gasteiger partial charge on any atom is -0.497 e. The maximum Gasteiger partial charge on any atom is 0.153 e. The van der Waals surface area contributed by atoms with Gasteiger partial charge in [0.1, 0.15) is 23.1 Å². The molecule has 5 heteroatoms. The van der Waals surface area contributed by atoms with Gasteiger partial charge in [-0.05, 0) is 19.1 Å². The monoisotopic (exact) mass is 263 g/mol. The molecule has 0 radical (unpaired) electrons. The maximum absolute atomic E-state index is 10.9. The molecule has 1 heterocycles. The average molecular weight is 263 g/mol. The molecule has 0 aliphatic rings. The Kier molecular flexibility index (Phi) is 3.94. The van der Waals surface area contributed by atoms with E-state index in [0.29, 0.717) is 23.7 Å². The quantitative estimate of drug-likeness (QED) is 0.778. The summed E-state index contributed by atoms with van der Waals surface area (Å²) in [5.41, 5.74) is 1.48. The van der Waals surface area contributed by atoms with Crippen molar-refractivity contribution in [1.29, 1.82) is 0 Å². The summed E-state index contributed by atoms with van der Waals surface area (Å²) in [7, 11) is 1.57. The van der Waals surface area contributed by atoms with Crippen molar-refractivity contribution in [1.82, 2.24) is 4.98 Å². The number of carbonyl (C=O) groups is 1. The van der Waals surface area contributed by atoms with E-state index in [1.54, 1.807) is 25.3 Å². The SMILES string of the molecule is COc1ccc(C=O)c(OCc2nc(C)cs2)c1. The van der Waals surface area contributed by atoms with E-state index in [4.69, 9.17) is 9.47 Å². The number of hydrogen-bond donors (Lipinski definition) is 0. The molecule has 0 N–H and O–H groups in total. The fraction of sp³-hybridized carbons (Fsp3) is 0.231. The molecule has 0 saturated heterocycles. The summed E-state index contributed by atoms with van der Waals surface area (Å²) in [6.45, 7) is 2.29. The first-order valence-corrected chi connectivity index (χ1v) is 6.28. The molecule has 0 spiro atoms. The second-order valence-electron chi connectivity index (χ2n) is 3.69. The zero-order chi connectivity index (χ0) is 13.0. The van der Waals surface area contributed by atoms with Crippen LogP contribution in [0.5, 0.6) is 11.5 Å². The zero-order valence-electron chi connectivity index (χ0n) is 10.2. The standard InChI is InChI=1S/C13H13NO3S/c1-9-8-18-13(14-9)7-17-12-5-11(16-2)4-3-10(12)6-15/h3-6,8H,7H2,1-2H3. The maximum atomic E-state index is 10.9. The molecule has 18 heavy (non-hydrogen) atoms. The van der Waals surface area contributed by atoms with Gasteiger partial charge in [0, 0.05) is 17.1 Å². The number of benzene rings is 1. The van der Waals surface area contributed by atoms with E-state index in [9.17, 15) is 4.79 Å². The summed E-state index contributed by atoms with van der Waals surface area (Å²) in [4.78, 5) is 15.2. The van der Waals surface area contributed by atoms with Crippen LogP contribution in [0, 0.1) is 6.92 Å². The van der Waals surface area contributed by atoms with Crippen LogP contribution in [0.4, 0.5) is 0 Å². The topological polar surface area (TPSA) is 48.4 Å². The molecule has 94 valence electrons. The number of ether oxygens (including phenoxy) is 2. The molecule has 4 nitrogen and oxygen atoms in total. The summed E-state index contributed by atoms with van der Waals surface area (Å²) >= 11 is 1.54. The molecule has 2 rings (SSSR count). The fourth-order valence-electron chi connectivity index (χ4n) is 1.47. The first kappa shape index (κ1) is 12.6. The number of aryl methyl sites for hydroxylation is 1. The molecule has 0 aliphatic heterocycles. The van der Waals surface area contributed by atoms with E-state index >= 15 is 0 Å². The number of thiazole rings is 1. The average Bonchev–Trinajstić information content (AvgIpc) is 2.81. The highest BCUT2D eigenvalue weighted by Gasteiger charge is 2.07. The Labute approximate surface area is 109 Å². The minimum atomic E-state index is 0.354. The van der Waals surface area contributed by atoms with Crippen LogP contribution in [0.25, 0.3) is 0 Å². The molecule has 0 bridgehead atoms. The number of methoxy groups -OCH3 is 1. The molecule has 1 aromatic heterocycles.